The van der Waals surface area contributed by atoms with Gasteiger partial charge in [-0.1, -0.05) is 18.2 Å². The number of carbonyl (C=O) groups excluding carboxylic acids is 1. The lowest BCUT2D eigenvalue weighted by Crippen LogP contribution is -2.33. The van der Waals surface area contributed by atoms with Gasteiger partial charge in [0.15, 0.2) is 0 Å². The van der Waals surface area contributed by atoms with Gasteiger partial charge in [-0.3, -0.25) is 4.79 Å². The molecular formula is C17H20O5. The summed E-state index contributed by atoms with van der Waals surface area (Å²) in [5.41, 5.74) is 0. The van der Waals surface area contributed by atoms with E-state index in [4.69, 9.17) is 9.47 Å². The molecule has 22 heavy (non-hydrogen) atoms. The zero-order chi connectivity index (χ0) is 15.5. The van der Waals surface area contributed by atoms with Gasteiger partial charge in [0, 0.05) is 24.7 Å². The molecule has 1 heterocycles. The fourth-order valence-electron chi connectivity index (χ4n) is 3.26. The summed E-state index contributed by atoms with van der Waals surface area (Å²) in [6.45, 7) is 0.459. The van der Waals surface area contributed by atoms with Gasteiger partial charge in [0.2, 0.25) is 0 Å². The van der Waals surface area contributed by atoms with E-state index >= 15 is 0 Å². The number of cyclic esters (lactones) is 1. The number of benzene rings is 1. The highest BCUT2D eigenvalue weighted by Crippen LogP contribution is 2.43. The molecule has 1 aromatic rings. The fourth-order valence-corrected chi connectivity index (χ4v) is 3.26. The Balaban J connectivity index is 1.61. The van der Waals surface area contributed by atoms with Crippen LogP contribution < -0.4 is 4.74 Å². The van der Waals surface area contributed by atoms with Crippen molar-refractivity contribution in [1.82, 2.24) is 0 Å². The van der Waals surface area contributed by atoms with Crippen molar-refractivity contribution in [2.75, 3.05) is 6.61 Å². The summed E-state index contributed by atoms with van der Waals surface area (Å²) >= 11 is 0. The molecule has 118 valence electrons. The van der Waals surface area contributed by atoms with Crippen LogP contribution in [0.4, 0.5) is 0 Å². The Hall–Kier alpha value is -1.85. The molecule has 1 aromatic carbocycles. The molecule has 0 radical (unpaired) electrons. The van der Waals surface area contributed by atoms with E-state index in [-0.39, 0.29) is 24.2 Å². The normalized spacial score (nSPS) is 32.6. The molecule has 3 rings (SSSR count). The Kier molecular flexibility index (Phi) is 4.45. The first-order valence-electron chi connectivity index (χ1n) is 7.60. The highest BCUT2D eigenvalue weighted by Gasteiger charge is 2.48. The van der Waals surface area contributed by atoms with Crippen molar-refractivity contribution >= 4 is 5.97 Å². The monoisotopic (exact) mass is 304 g/mol. The van der Waals surface area contributed by atoms with Crippen molar-refractivity contribution in [3.63, 3.8) is 0 Å². The van der Waals surface area contributed by atoms with Gasteiger partial charge in [0.1, 0.15) is 11.5 Å². The van der Waals surface area contributed by atoms with E-state index in [9.17, 15) is 15.0 Å². The quantitative estimate of drug-likeness (QED) is 0.653. The fraction of sp³-hybridized carbons (Fsp3) is 0.471. The van der Waals surface area contributed by atoms with E-state index in [1.807, 2.05) is 30.3 Å². The average Bonchev–Trinajstić information content (AvgIpc) is 2.79. The Morgan fingerprint density at radius 1 is 1.23 bits per heavy atom. The van der Waals surface area contributed by atoms with Gasteiger partial charge >= 0.3 is 5.97 Å². The van der Waals surface area contributed by atoms with Crippen LogP contribution in [0.2, 0.25) is 0 Å². The second kappa shape index (κ2) is 6.50. The zero-order valence-corrected chi connectivity index (χ0v) is 12.2. The summed E-state index contributed by atoms with van der Waals surface area (Å²) in [5.74, 6) is 0.393. The predicted octanol–water partition coefficient (Wildman–Crippen LogP) is 1.64. The minimum atomic E-state index is -0.658. The Morgan fingerprint density at radius 3 is 2.77 bits per heavy atom. The largest absolute Gasteiger partial charge is 0.493 e. The minimum Gasteiger partial charge on any atom is -0.493 e. The molecule has 0 spiro atoms. The lowest BCUT2D eigenvalue weighted by atomic mass is 9.86. The third-order valence-corrected chi connectivity index (χ3v) is 4.29. The molecule has 5 nitrogen and oxygen atoms in total. The van der Waals surface area contributed by atoms with Gasteiger partial charge in [0.25, 0.3) is 0 Å². The van der Waals surface area contributed by atoms with Crippen molar-refractivity contribution in [3.05, 3.63) is 42.2 Å². The van der Waals surface area contributed by atoms with Crippen molar-refractivity contribution in [2.45, 2.75) is 31.5 Å². The number of carbonyl (C=O) groups is 1. The molecule has 2 N–H and O–H groups in total. The minimum absolute atomic E-state index is 0.167. The molecule has 0 aromatic heterocycles. The third-order valence-electron chi connectivity index (χ3n) is 4.29. The van der Waals surface area contributed by atoms with Gasteiger partial charge < -0.3 is 19.7 Å². The highest BCUT2D eigenvalue weighted by atomic mass is 16.5. The molecule has 1 aliphatic heterocycles. The summed E-state index contributed by atoms with van der Waals surface area (Å²) in [7, 11) is 0. The van der Waals surface area contributed by atoms with Gasteiger partial charge in [-0.25, -0.2) is 0 Å². The van der Waals surface area contributed by atoms with Crippen LogP contribution in [0.5, 0.6) is 5.75 Å². The predicted molar refractivity (Wildman–Crippen MR) is 79.0 cm³/mol. The van der Waals surface area contributed by atoms with Gasteiger partial charge in [0.05, 0.1) is 25.2 Å². The zero-order valence-electron chi connectivity index (χ0n) is 12.2. The van der Waals surface area contributed by atoms with E-state index in [0.717, 1.165) is 5.75 Å². The number of ether oxygens (including phenoxy) is 2. The first-order chi connectivity index (χ1) is 10.6. The lowest BCUT2D eigenvalue weighted by Gasteiger charge is -2.29. The van der Waals surface area contributed by atoms with Crippen LogP contribution >= 0.6 is 0 Å². The smallest absolute Gasteiger partial charge is 0.311 e. The SMILES string of the molecule is O=C1C[C@@H]2[C@H](/C(=C\CCOc3ccccc3)O1)[C@@H](O)C[C@H]2O. The van der Waals surface area contributed by atoms with Crippen molar-refractivity contribution in [1.29, 1.82) is 0 Å². The van der Waals surface area contributed by atoms with Gasteiger partial charge in [-0.2, -0.15) is 0 Å². The molecule has 2 fully saturated rings. The molecule has 0 unspecified atom stereocenters. The summed E-state index contributed by atoms with van der Waals surface area (Å²) < 4.78 is 10.9. The van der Waals surface area contributed by atoms with E-state index < -0.39 is 12.2 Å². The maximum Gasteiger partial charge on any atom is 0.311 e. The molecule has 1 saturated carbocycles. The highest BCUT2D eigenvalue weighted by molar-refractivity contribution is 5.72. The summed E-state index contributed by atoms with van der Waals surface area (Å²) in [6, 6.07) is 9.47. The molecule has 1 aliphatic carbocycles. The number of aliphatic hydroxyl groups is 2. The number of fused-ring (bicyclic) bond motifs is 1. The van der Waals surface area contributed by atoms with Crippen LogP contribution in [0, 0.1) is 11.8 Å². The van der Waals surface area contributed by atoms with Crippen LogP contribution in [0.3, 0.4) is 0 Å². The van der Waals surface area contributed by atoms with E-state index in [0.29, 0.717) is 25.2 Å². The average molecular weight is 304 g/mol. The van der Waals surface area contributed by atoms with E-state index in [1.165, 1.54) is 0 Å². The second-order valence-electron chi connectivity index (χ2n) is 5.79. The first-order valence-corrected chi connectivity index (χ1v) is 7.60. The van der Waals surface area contributed by atoms with Gasteiger partial charge in [-0.15, -0.1) is 0 Å². The van der Waals surface area contributed by atoms with Crippen LogP contribution in [-0.2, 0) is 9.53 Å². The first kappa shape index (κ1) is 15.1. The maximum atomic E-state index is 11.6. The molecule has 0 bridgehead atoms. The molecule has 0 amide bonds. The number of hydrogen-bond acceptors (Lipinski definition) is 5. The number of aliphatic hydroxyl groups excluding tert-OH is 2. The van der Waals surface area contributed by atoms with Crippen LogP contribution in [-0.4, -0.2) is 35.0 Å². The standard InChI is InChI=1S/C17H20O5/c18-13-10-14(19)17-12(13)9-16(20)22-15(17)7-4-8-21-11-5-2-1-3-6-11/h1-3,5-7,12-14,17-19H,4,8-10H2/b15-7+/t12-,13+,14-,17-/m0/s1. The summed E-state index contributed by atoms with van der Waals surface area (Å²) in [5, 5.41) is 20.0. The summed E-state index contributed by atoms with van der Waals surface area (Å²) in [4.78, 5) is 11.6. The van der Waals surface area contributed by atoms with Gasteiger partial charge in [-0.05, 0) is 18.2 Å². The lowest BCUT2D eigenvalue weighted by molar-refractivity contribution is -0.148. The van der Waals surface area contributed by atoms with Crippen molar-refractivity contribution < 1.29 is 24.5 Å². The molecule has 5 heteroatoms. The maximum absolute atomic E-state index is 11.6. The van der Waals surface area contributed by atoms with Crippen LogP contribution in [0.1, 0.15) is 19.3 Å². The number of para-hydroxylation sites is 1. The summed E-state index contributed by atoms with van der Waals surface area (Å²) in [6.07, 6.45) is 1.53. The number of rotatable bonds is 4. The Bertz CT molecular complexity index is 553. The molecule has 1 saturated heterocycles. The van der Waals surface area contributed by atoms with Crippen molar-refractivity contribution in [2.24, 2.45) is 11.8 Å². The molecule has 2 aliphatic rings. The van der Waals surface area contributed by atoms with E-state index in [1.54, 1.807) is 6.08 Å². The third kappa shape index (κ3) is 3.15. The Morgan fingerprint density at radius 2 is 2.00 bits per heavy atom. The Labute approximate surface area is 129 Å². The van der Waals surface area contributed by atoms with E-state index in [2.05, 4.69) is 0 Å². The molecule has 4 atom stereocenters. The van der Waals surface area contributed by atoms with Crippen molar-refractivity contribution in [3.8, 4) is 5.75 Å². The second-order valence-corrected chi connectivity index (χ2v) is 5.79. The number of esters is 1. The van der Waals surface area contributed by atoms with Crippen LogP contribution in [0.15, 0.2) is 42.2 Å². The number of hydrogen-bond donors (Lipinski definition) is 2. The van der Waals surface area contributed by atoms with Crippen LogP contribution in [0.25, 0.3) is 0 Å². The topological polar surface area (TPSA) is 76.0 Å². The molecular weight excluding hydrogens is 284 g/mol.